The molecule has 1 fully saturated rings. The molecule has 0 radical (unpaired) electrons. The summed E-state index contributed by atoms with van der Waals surface area (Å²) in [6.45, 7) is 3.86. The predicted molar refractivity (Wildman–Crippen MR) is 81.5 cm³/mol. The Kier molecular flexibility index (Phi) is 4.38. The van der Waals surface area contributed by atoms with Gasteiger partial charge in [0, 0.05) is 22.7 Å². The van der Waals surface area contributed by atoms with Gasteiger partial charge in [-0.25, -0.2) is 13.1 Å². The van der Waals surface area contributed by atoms with Crippen LogP contribution in [-0.4, -0.2) is 14.0 Å². The zero-order valence-corrected chi connectivity index (χ0v) is 13.7. The summed E-state index contributed by atoms with van der Waals surface area (Å²) in [6.07, 6.45) is 2.08. The lowest BCUT2D eigenvalue weighted by molar-refractivity contribution is 0.400. The van der Waals surface area contributed by atoms with Gasteiger partial charge in [-0.3, -0.25) is 0 Å². The van der Waals surface area contributed by atoms with Crippen LogP contribution in [0.1, 0.15) is 32.3 Å². The fraction of sp³-hybridized carbons (Fsp3) is 0.538. The molecule has 20 heavy (non-hydrogen) atoms. The van der Waals surface area contributed by atoms with Gasteiger partial charge in [-0.05, 0) is 44.7 Å². The molecule has 112 valence electrons. The van der Waals surface area contributed by atoms with Crippen LogP contribution in [0.3, 0.4) is 0 Å². The van der Waals surface area contributed by atoms with Crippen molar-refractivity contribution in [2.45, 2.75) is 43.7 Å². The fourth-order valence-corrected chi connectivity index (χ4v) is 4.67. The zero-order chi connectivity index (χ0) is 15.1. The summed E-state index contributed by atoms with van der Waals surface area (Å²) < 4.78 is 27.7. The van der Waals surface area contributed by atoms with Gasteiger partial charge in [-0.15, -0.1) is 0 Å². The minimum absolute atomic E-state index is 0.0257. The highest BCUT2D eigenvalue weighted by Crippen LogP contribution is 2.40. The van der Waals surface area contributed by atoms with Gasteiger partial charge in [0.05, 0.1) is 5.02 Å². The average Bonchev–Trinajstić information content (AvgIpc) is 3.11. The summed E-state index contributed by atoms with van der Waals surface area (Å²) in [5.41, 5.74) is 5.53. The highest BCUT2D eigenvalue weighted by atomic mass is 35.5. The molecular weight excluding hydrogens is 319 g/mol. The second-order valence-electron chi connectivity index (χ2n) is 5.64. The van der Waals surface area contributed by atoms with E-state index in [0.717, 1.165) is 12.8 Å². The summed E-state index contributed by atoms with van der Waals surface area (Å²) in [5.74, 6) is 0.373. The predicted octanol–water partition coefficient (Wildman–Crippen LogP) is 2.92. The van der Waals surface area contributed by atoms with Crippen molar-refractivity contribution in [2.24, 2.45) is 11.7 Å². The van der Waals surface area contributed by atoms with Crippen LogP contribution < -0.4 is 10.5 Å². The third kappa shape index (κ3) is 3.12. The van der Waals surface area contributed by atoms with Gasteiger partial charge in [-0.1, -0.05) is 23.2 Å². The minimum atomic E-state index is -3.70. The molecule has 0 aliphatic heterocycles. The Morgan fingerprint density at radius 3 is 2.45 bits per heavy atom. The Bertz CT molecular complexity index is 626. The molecule has 0 saturated heterocycles. The van der Waals surface area contributed by atoms with Crippen LogP contribution in [0.15, 0.2) is 17.0 Å². The molecule has 4 nitrogen and oxygen atoms in total. The molecule has 1 aliphatic carbocycles. The van der Waals surface area contributed by atoms with Crippen LogP contribution >= 0.6 is 23.2 Å². The Balaban J connectivity index is 2.39. The van der Waals surface area contributed by atoms with E-state index in [-0.39, 0.29) is 16.5 Å². The molecule has 0 amide bonds. The first-order valence-corrected chi connectivity index (χ1v) is 8.64. The molecule has 0 bridgehead atoms. The number of halogens is 2. The molecule has 1 aromatic rings. The highest BCUT2D eigenvalue weighted by Gasteiger charge is 2.41. The van der Waals surface area contributed by atoms with E-state index >= 15 is 0 Å². The number of hydrogen-bond donors (Lipinski definition) is 2. The third-order valence-electron chi connectivity index (χ3n) is 3.64. The Morgan fingerprint density at radius 2 is 1.95 bits per heavy atom. The van der Waals surface area contributed by atoms with Crippen LogP contribution in [0.4, 0.5) is 0 Å². The van der Waals surface area contributed by atoms with E-state index in [0.29, 0.717) is 16.5 Å². The molecule has 1 aromatic carbocycles. The lowest BCUT2D eigenvalue weighted by Crippen LogP contribution is -2.45. The Labute approximate surface area is 129 Å². The van der Waals surface area contributed by atoms with Gasteiger partial charge in [0.1, 0.15) is 4.90 Å². The second kappa shape index (κ2) is 5.46. The lowest BCUT2D eigenvalue weighted by Gasteiger charge is -2.26. The number of rotatable bonds is 5. The van der Waals surface area contributed by atoms with E-state index in [9.17, 15) is 8.42 Å². The van der Waals surface area contributed by atoms with Gasteiger partial charge >= 0.3 is 0 Å². The van der Waals surface area contributed by atoms with E-state index in [2.05, 4.69) is 4.72 Å². The molecule has 1 aliphatic rings. The highest BCUT2D eigenvalue weighted by molar-refractivity contribution is 7.89. The molecule has 0 atom stereocenters. The number of nitrogens with two attached hydrogens (primary N) is 1. The van der Waals surface area contributed by atoms with Gasteiger partial charge in [0.15, 0.2) is 0 Å². The van der Waals surface area contributed by atoms with E-state index in [4.69, 9.17) is 28.9 Å². The first kappa shape index (κ1) is 16.0. The van der Waals surface area contributed by atoms with Crippen molar-refractivity contribution >= 4 is 33.2 Å². The Hall–Kier alpha value is -0.330. The number of sulfonamides is 1. The molecular formula is C13H18Cl2N2O2S. The van der Waals surface area contributed by atoms with Crippen LogP contribution in [0.2, 0.25) is 10.0 Å². The van der Waals surface area contributed by atoms with E-state index in [1.165, 1.54) is 12.1 Å². The maximum atomic E-state index is 12.5. The molecule has 3 N–H and O–H groups in total. The molecule has 0 heterocycles. The first-order valence-electron chi connectivity index (χ1n) is 6.40. The maximum absolute atomic E-state index is 12.5. The minimum Gasteiger partial charge on any atom is -0.326 e. The SMILES string of the molecule is CC(C)(NS(=O)(=O)c1ccc(Cl)c(CN)c1Cl)C1CC1. The smallest absolute Gasteiger partial charge is 0.242 e. The summed E-state index contributed by atoms with van der Waals surface area (Å²) in [5, 5.41) is 0.469. The Morgan fingerprint density at radius 1 is 1.35 bits per heavy atom. The van der Waals surface area contributed by atoms with Crippen molar-refractivity contribution in [1.29, 1.82) is 0 Å². The summed E-state index contributed by atoms with van der Waals surface area (Å²) in [4.78, 5) is 0.0257. The largest absolute Gasteiger partial charge is 0.326 e. The normalized spacial score (nSPS) is 16.4. The number of nitrogens with one attached hydrogen (secondary N) is 1. The van der Waals surface area contributed by atoms with Crippen LogP contribution in [0, 0.1) is 5.92 Å². The third-order valence-corrected chi connectivity index (χ3v) is 6.25. The molecule has 2 rings (SSSR count). The van der Waals surface area contributed by atoms with Crippen molar-refractivity contribution in [3.8, 4) is 0 Å². The fourth-order valence-electron chi connectivity index (χ4n) is 2.26. The quantitative estimate of drug-likeness (QED) is 0.868. The molecule has 0 aromatic heterocycles. The van der Waals surface area contributed by atoms with Crippen molar-refractivity contribution in [2.75, 3.05) is 0 Å². The maximum Gasteiger partial charge on any atom is 0.242 e. The van der Waals surface area contributed by atoms with Crippen molar-refractivity contribution < 1.29 is 8.42 Å². The van der Waals surface area contributed by atoms with E-state index in [1.807, 2.05) is 13.8 Å². The molecule has 1 saturated carbocycles. The molecule has 0 spiro atoms. The number of hydrogen-bond acceptors (Lipinski definition) is 3. The topological polar surface area (TPSA) is 72.2 Å². The van der Waals surface area contributed by atoms with Crippen LogP contribution in [0.25, 0.3) is 0 Å². The lowest BCUT2D eigenvalue weighted by atomic mass is 10.0. The van der Waals surface area contributed by atoms with Gasteiger partial charge in [0.2, 0.25) is 10.0 Å². The zero-order valence-electron chi connectivity index (χ0n) is 11.4. The summed E-state index contributed by atoms with van der Waals surface area (Å²) in [7, 11) is -3.70. The van der Waals surface area contributed by atoms with Gasteiger partial charge in [0.25, 0.3) is 0 Å². The number of benzene rings is 1. The van der Waals surface area contributed by atoms with E-state index in [1.54, 1.807) is 0 Å². The summed E-state index contributed by atoms with van der Waals surface area (Å²) in [6, 6.07) is 2.92. The van der Waals surface area contributed by atoms with Crippen LogP contribution in [-0.2, 0) is 16.6 Å². The van der Waals surface area contributed by atoms with Gasteiger partial charge < -0.3 is 5.73 Å². The first-order chi connectivity index (χ1) is 9.19. The van der Waals surface area contributed by atoms with E-state index < -0.39 is 15.6 Å². The average molecular weight is 337 g/mol. The standard InChI is InChI=1S/C13H18Cl2N2O2S/c1-13(2,8-3-4-8)17-20(18,19)11-6-5-10(14)9(7-16)12(11)15/h5-6,8,17H,3-4,7,16H2,1-2H3. The molecule has 7 heteroatoms. The van der Waals surface area contributed by atoms with Crippen molar-refractivity contribution in [1.82, 2.24) is 4.72 Å². The van der Waals surface area contributed by atoms with Crippen molar-refractivity contribution in [3.63, 3.8) is 0 Å². The van der Waals surface area contributed by atoms with Crippen molar-refractivity contribution in [3.05, 3.63) is 27.7 Å². The van der Waals surface area contributed by atoms with Crippen LogP contribution in [0.5, 0.6) is 0 Å². The summed E-state index contributed by atoms with van der Waals surface area (Å²) >= 11 is 12.1. The molecule has 0 unspecified atom stereocenters. The van der Waals surface area contributed by atoms with Gasteiger partial charge in [-0.2, -0.15) is 0 Å². The second-order valence-corrected chi connectivity index (χ2v) is 8.08. The monoisotopic (exact) mass is 336 g/mol.